The third kappa shape index (κ3) is 3.88. The summed E-state index contributed by atoms with van der Waals surface area (Å²) in [6.07, 6.45) is 0. The number of rotatable bonds is 7. The first-order chi connectivity index (χ1) is 12.6. The predicted octanol–water partition coefficient (Wildman–Crippen LogP) is 4.35. The minimum absolute atomic E-state index is 0.254. The molecule has 26 heavy (non-hydrogen) atoms. The van der Waals surface area contributed by atoms with Gasteiger partial charge in [0.1, 0.15) is 5.75 Å². The Morgan fingerprint density at radius 2 is 1.88 bits per heavy atom. The Bertz CT molecular complexity index is 923. The zero-order valence-corrected chi connectivity index (χ0v) is 15.7. The summed E-state index contributed by atoms with van der Waals surface area (Å²) in [5.74, 6) is 1.66. The lowest BCUT2D eigenvalue weighted by molar-refractivity contribution is 0.102. The molecule has 0 saturated heterocycles. The topological polar surface area (TPSA) is 69.7 Å². The highest BCUT2D eigenvalue weighted by atomic mass is 32.1. The zero-order valence-electron chi connectivity index (χ0n) is 14.9. The lowest BCUT2D eigenvalue weighted by Crippen LogP contribution is -2.12. The number of nitrogens with one attached hydrogen (secondary N) is 1. The van der Waals surface area contributed by atoms with Gasteiger partial charge in [0.2, 0.25) is 0 Å². The van der Waals surface area contributed by atoms with E-state index in [1.165, 1.54) is 11.3 Å². The number of ether oxygens (including phenoxy) is 3. The number of carbonyl (C=O) groups is 1. The fourth-order valence-electron chi connectivity index (χ4n) is 2.47. The van der Waals surface area contributed by atoms with E-state index in [1.807, 2.05) is 32.0 Å². The summed E-state index contributed by atoms with van der Waals surface area (Å²) in [6, 6.07) is 10.8. The van der Waals surface area contributed by atoms with E-state index in [1.54, 1.807) is 25.3 Å². The van der Waals surface area contributed by atoms with Crippen LogP contribution in [0.4, 0.5) is 5.13 Å². The van der Waals surface area contributed by atoms with Gasteiger partial charge in [-0.05, 0) is 50.2 Å². The summed E-state index contributed by atoms with van der Waals surface area (Å²) in [5, 5.41) is 3.37. The maximum absolute atomic E-state index is 12.5. The number of thiazole rings is 1. The Hall–Kier alpha value is -2.80. The molecule has 1 amide bonds. The van der Waals surface area contributed by atoms with Crippen LogP contribution in [0.2, 0.25) is 0 Å². The van der Waals surface area contributed by atoms with Crippen LogP contribution in [0.3, 0.4) is 0 Å². The van der Waals surface area contributed by atoms with Gasteiger partial charge in [0.15, 0.2) is 16.6 Å². The summed E-state index contributed by atoms with van der Waals surface area (Å²) in [5.41, 5.74) is 1.29. The molecule has 0 atom stereocenters. The quantitative estimate of drug-likeness (QED) is 0.667. The van der Waals surface area contributed by atoms with Crippen molar-refractivity contribution in [1.82, 2.24) is 4.98 Å². The number of nitrogens with zero attached hydrogens (tertiary/aromatic N) is 1. The molecular weight excluding hydrogens is 352 g/mol. The van der Waals surface area contributed by atoms with Gasteiger partial charge in [0.25, 0.3) is 5.91 Å². The molecule has 6 nitrogen and oxygen atoms in total. The van der Waals surface area contributed by atoms with E-state index >= 15 is 0 Å². The van der Waals surface area contributed by atoms with Crippen LogP contribution >= 0.6 is 11.3 Å². The molecule has 0 aliphatic carbocycles. The van der Waals surface area contributed by atoms with Crippen LogP contribution in [-0.4, -0.2) is 31.2 Å². The summed E-state index contributed by atoms with van der Waals surface area (Å²) in [4.78, 5) is 17.0. The van der Waals surface area contributed by atoms with Crippen LogP contribution in [-0.2, 0) is 0 Å². The fraction of sp³-hybridized carbons (Fsp3) is 0.263. The van der Waals surface area contributed by atoms with Crippen molar-refractivity contribution in [3.8, 4) is 17.2 Å². The number of carbonyl (C=O) groups excluding carboxylic acids is 1. The molecule has 0 unspecified atom stereocenters. The molecule has 0 radical (unpaired) electrons. The monoisotopic (exact) mass is 372 g/mol. The Morgan fingerprint density at radius 1 is 1.08 bits per heavy atom. The molecule has 3 aromatic rings. The number of anilines is 1. The fourth-order valence-corrected chi connectivity index (χ4v) is 3.36. The highest BCUT2D eigenvalue weighted by Crippen LogP contribution is 2.31. The van der Waals surface area contributed by atoms with Crippen LogP contribution in [0.1, 0.15) is 24.2 Å². The lowest BCUT2D eigenvalue weighted by atomic mass is 10.2. The van der Waals surface area contributed by atoms with E-state index in [0.29, 0.717) is 35.4 Å². The molecular formula is C19H20N2O4S. The molecule has 0 spiro atoms. The average Bonchev–Trinajstić information content (AvgIpc) is 3.04. The number of amides is 1. The van der Waals surface area contributed by atoms with Crippen molar-refractivity contribution in [3.63, 3.8) is 0 Å². The molecule has 1 heterocycles. The minimum atomic E-state index is -0.254. The third-order valence-corrected chi connectivity index (χ3v) is 4.55. The Balaban J connectivity index is 1.80. The van der Waals surface area contributed by atoms with Crippen molar-refractivity contribution in [2.24, 2.45) is 0 Å². The molecule has 0 fully saturated rings. The number of benzene rings is 2. The molecule has 3 rings (SSSR count). The molecule has 0 bridgehead atoms. The van der Waals surface area contributed by atoms with Gasteiger partial charge in [0, 0.05) is 5.56 Å². The second kappa shape index (κ2) is 8.05. The van der Waals surface area contributed by atoms with Crippen molar-refractivity contribution >= 4 is 32.6 Å². The van der Waals surface area contributed by atoms with Crippen molar-refractivity contribution in [2.45, 2.75) is 13.8 Å². The summed E-state index contributed by atoms with van der Waals surface area (Å²) < 4.78 is 17.2. The third-order valence-electron chi connectivity index (χ3n) is 3.62. The van der Waals surface area contributed by atoms with Gasteiger partial charge in [-0.1, -0.05) is 11.3 Å². The van der Waals surface area contributed by atoms with E-state index in [0.717, 1.165) is 16.0 Å². The zero-order chi connectivity index (χ0) is 18.5. The maximum atomic E-state index is 12.5. The average molecular weight is 372 g/mol. The normalized spacial score (nSPS) is 10.6. The highest BCUT2D eigenvalue weighted by molar-refractivity contribution is 7.22. The number of hydrogen-bond donors (Lipinski definition) is 1. The molecule has 0 aliphatic heterocycles. The SMILES string of the molecule is CCOc1ccc2nc(NC(=O)c3ccc(OCC)c(OC)c3)sc2c1. The van der Waals surface area contributed by atoms with E-state index in [9.17, 15) is 4.79 Å². The van der Waals surface area contributed by atoms with Crippen molar-refractivity contribution in [2.75, 3.05) is 25.6 Å². The van der Waals surface area contributed by atoms with Gasteiger partial charge >= 0.3 is 0 Å². The van der Waals surface area contributed by atoms with Crippen LogP contribution < -0.4 is 19.5 Å². The number of fused-ring (bicyclic) bond motifs is 1. The summed E-state index contributed by atoms with van der Waals surface area (Å²) >= 11 is 1.40. The Morgan fingerprint density at radius 3 is 2.62 bits per heavy atom. The van der Waals surface area contributed by atoms with E-state index in [-0.39, 0.29) is 5.91 Å². The van der Waals surface area contributed by atoms with E-state index in [2.05, 4.69) is 10.3 Å². The molecule has 136 valence electrons. The first-order valence-electron chi connectivity index (χ1n) is 8.30. The van der Waals surface area contributed by atoms with Crippen LogP contribution in [0.15, 0.2) is 36.4 Å². The molecule has 1 aromatic heterocycles. The maximum Gasteiger partial charge on any atom is 0.257 e. The van der Waals surface area contributed by atoms with E-state index < -0.39 is 0 Å². The van der Waals surface area contributed by atoms with Crippen molar-refractivity contribution < 1.29 is 19.0 Å². The van der Waals surface area contributed by atoms with Gasteiger partial charge in [-0.3, -0.25) is 10.1 Å². The lowest BCUT2D eigenvalue weighted by Gasteiger charge is -2.10. The number of methoxy groups -OCH3 is 1. The van der Waals surface area contributed by atoms with Gasteiger partial charge in [0.05, 0.1) is 30.5 Å². The molecule has 7 heteroatoms. The van der Waals surface area contributed by atoms with Gasteiger partial charge in [-0.15, -0.1) is 0 Å². The molecule has 0 aliphatic rings. The predicted molar refractivity (Wildman–Crippen MR) is 103 cm³/mol. The van der Waals surface area contributed by atoms with Crippen molar-refractivity contribution in [1.29, 1.82) is 0 Å². The van der Waals surface area contributed by atoms with Crippen molar-refractivity contribution in [3.05, 3.63) is 42.0 Å². The van der Waals surface area contributed by atoms with Gasteiger partial charge < -0.3 is 14.2 Å². The second-order valence-corrected chi connectivity index (χ2v) is 6.36. The first kappa shape index (κ1) is 18.0. The Kier molecular flexibility index (Phi) is 5.58. The number of hydrogen-bond acceptors (Lipinski definition) is 6. The summed E-state index contributed by atoms with van der Waals surface area (Å²) in [6.45, 7) is 4.96. The second-order valence-electron chi connectivity index (χ2n) is 5.33. The van der Waals surface area contributed by atoms with Crippen LogP contribution in [0.5, 0.6) is 17.2 Å². The van der Waals surface area contributed by atoms with E-state index in [4.69, 9.17) is 14.2 Å². The standard InChI is InChI=1S/C19H20N2O4S/c1-4-24-13-7-8-14-17(11-13)26-19(20-14)21-18(22)12-6-9-15(25-5-2)16(10-12)23-3/h6-11H,4-5H2,1-3H3,(H,20,21,22). The molecule has 2 aromatic carbocycles. The van der Waals surface area contributed by atoms with Crippen LogP contribution in [0.25, 0.3) is 10.2 Å². The van der Waals surface area contributed by atoms with Gasteiger partial charge in [-0.25, -0.2) is 4.98 Å². The first-order valence-corrected chi connectivity index (χ1v) is 9.11. The smallest absolute Gasteiger partial charge is 0.257 e. The summed E-state index contributed by atoms with van der Waals surface area (Å²) in [7, 11) is 1.54. The molecule has 1 N–H and O–H groups in total. The Labute approximate surface area is 155 Å². The highest BCUT2D eigenvalue weighted by Gasteiger charge is 2.13. The minimum Gasteiger partial charge on any atom is -0.494 e. The number of aromatic nitrogens is 1. The van der Waals surface area contributed by atoms with Crippen LogP contribution in [0, 0.1) is 0 Å². The molecule has 0 saturated carbocycles. The largest absolute Gasteiger partial charge is 0.494 e. The van der Waals surface area contributed by atoms with Gasteiger partial charge in [-0.2, -0.15) is 0 Å².